The molecule has 0 unspecified atom stereocenters. The van der Waals surface area contributed by atoms with E-state index in [0.717, 1.165) is 43.5 Å². The van der Waals surface area contributed by atoms with Gasteiger partial charge in [-0.3, -0.25) is 10.1 Å². The summed E-state index contributed by atoms with van der Waals surface area (Å²) in [5.41, 5.74) is 1.24. The van der Waals surface area contributed by atoms with Crippen LogP contribution in [0.3, 0.4) is 0 Å². The molecular weight excluding hydrogens is 434 g/mol. The molecule has 2 aromatic carbocycles. The average Bonchev–Trinajstić information content (AvgIpc) is 2.84. The molecule has 1 atom stereocenters. The average molecular weight is 470 g/mol. The standard InChI is InChI=1S/C26H35N3O5/c1-19(2)26(18-27,21-16-23(32-3)25(34-5)24(17-21)33-4)12-8-14-28-13-7-10-20-9-6-11-22(15-20)29(30)31/h6,9,11,15-17,19,28H,7-8,10,12-14H2,1-5H3/t26-/m0/s1. The molecule has 8 heteroatoms. The molecule has 1 N–H and O–H groups in total. The Hall–Kier alpha value is -3.31. The van der Waals surface area contributed by atoms with Gasteiger partial charge >= 0.3 is 0 Å². The van der Waals surface area contributed by atoms with Crippen molar-refractivity contribution in [3.05, 3.63) is 57.6 Å². The first-order valence-corrected chi connectivity index (χ1v) is 11.5. The van der Waals surface area contributed by atoms with Crippen molar-refractivity contribution in [2.45, 2.75) is 44.9 Å². The number of nitro benzene ring substituents is 1. The molecule has 8 nitrogen and oxygen atoms in total. The van der Waals surface area contributed by atoms with Crippen LogP contribution in [0, 0.1) is 27.4 Å². The summed E-state index contributed by atoms with van der Waals surface area (Å²) in [4.78, 5) is 10.5. The van der Waals surface area contributed by atoms with Crippen LogP contribution in [0.2, 0.25) is 0 Å². The number of hydrogen-bond donors (Lipinski definition) is 1. The van der Waals surface area contributed by atoms with Gasteiger partial charge in [-0.2, -0.15) is 5.26 Å². The molecule has 0 saturated carbocycles. The Morgan fingerprint density at radius 2 is 1.71 bits per heavy atom. The first-order valence-electron chi connectivity index (χ1n) is 11.5. The van der Waals surface area contributed by atoms with Crippen LogP contribution in [-0.2, 0) is 11.8 Å². The lowest BCUT2D eigenvalue weighted by Gasteiger charge is -2.32. The van der Waals surface area contributed by atoms with E-state index in [9.17, 15) is 15.4 Å². The van der Waals surface area contributed by atoms with E-state index in [2.05, 4.69) is 25.2 Å². The van der Waals surface area contributed by atoms with Crippen molar-refractivity contribution in [3.8, 4) is 23.3 Å². The molecule has 0 spiro atoms. The Morgan fingerprint density at radius 1 is 1.06 bits per heavy atom. The molecule has 0 aromatic heterocycles. The predicted molar refractivity (Wildman–Crippen MR) is 132 cm³/mol. The highest BCUT2D eigenvalue weighted by molar-refractivity contribution is 5.56. The summed E-state index contributed by atoms with van der Waals surface area (Å²) in [6, 6.07) is 13.1. The number of nitro groups is 1. The molecule has 0 fully saturated rings. The largest absolute Gasteiger partial charge is 0.493 e. The van der Waals surface area contributed by atoms with Crippen molar-refractivity contribution >= 4 is 5.69 Å². The minimum absolute atomic E-state index is 0.0779. The van der Waals surface area contributed by atoms with Gasteiger partial charge in [-0.15, -0.1) is 0 Å². The van der Waals surface area contributed by atoms with Crippen molar-refractivity contribution < 1.29 is 19.1 Å². The SMILES string of the molecule is COc1cc([C@](C#N)(CCCNCCCc2cccc([N+](=O)[O-])c2)C(C)C)cc(OC)c1OC. The zero-order chi connectivity index (χ0) is 25.1. The van der Waals surface area contributed by atoms with Gasteiger partial charge in [0.15, 0.2) is 11.5 Å². The minimum atomic E-state index is -0.697. The molecule has 0 heterocycles. The Labute approximate surface area is 202 Å². The summed E-state index contributed by atoms with van der Waals surface area (Å²) < 4.78 is 16.4. The zero-order valence-corrected chi connectivity index (χ0v) is 20.7. The van der Waals surface area contributed by atoms with Crippen LogP contribution in [-0.4, -0.2) is 39.3 Å². The molecule has 0 aliphatic heterocycles. The lowest BCUT2D eigenvalue weighted by Crippen LogP contribution is -2.32. The number of nitrogens with one attached hydrogen (secondary N) is 1. The van der Waals surface area contributed by atoms with Crippen LogP contribution in [0.1, 0.15) is 44.2 Å². The second-order valence-electron chi connectivity index (χ2n) is 8.54. The normalized spacial score (nSPS) is 12.6. The summed E-state index contributed by atoms with van der Waals surface area (Å²) in [6.45, 7) is 5.68. The van der Waals surface area contributed by atoms with E-state index in [1.807, 2.05) is 18.2 Å². The van der Waals surface area contributed by atoms with Gasteiger partial charge in [-0.25, -0.2) is 0 Å². The summed E-state index contributed by atoms with van der Waals surface area (Å²) >= 11 is 0. The van der Waals surface area contributed by atoms with Crippen LogP contribution in [0.5, 0.6) is 17.2 Å². The van der Waals surface area contributed by atoms with E-state index in [4.69, 9.17) is 14.2 Å². The number of non-ortho nitro benzene ring substituents is 1. The lowest BCUT2D eigenvalue weighted by atomic mass is 9.69. The van der Waals surface area contributed by atoms with E-state index in [1.165, 1.54) is 6.07 Å². The Kier molecular flexibility index (Phi) is 10.1. The summed E-state index contributed by atoms with van der Waals surface area (Å²) in [7, 11) is 4.70. The van der Waals surface area contributed by atoms with E-state index < -0.39 is 5.41 Å². The maximum atomic E-state index is 10.9. The van der Waals surface area contributed by atoms with Crippen molar-refractivity contribution in [1.82, 2.24) is 5.32 Å². The maximum Gasteiger partial charge on any atom is 0.269 e. The summed E-state index contributed by atoms with van der Waals surface area (Å²) in [5, 5.41) is 24.6. The highest BCUT2D eigenvalue weighted by Gasteiger charge is 2.37. The van der Waals surface area contributed by atoms with Gasteiger partial charge in [0.2, 0.25) is 5.75 Å². The predicted octanol–water partition coefficient (Wildman–Crippen LogP) is 5.04. The van der Waals surface area contributed by atoms with Crippen LogP contribution in [0.4, 0.5) is 5.69 Å². The summed E-state index contributed by atoms with van der Waals surface area (Å²) in [5.74, 6) is 1.66. The molecular formula is C26H35N3O5. The molecule has 2 rings (SSSR count). The van der Waals surface area contributed by atoms with Crippen molar-refractivity contribution in [1.29, 1.82) is 5.26 Å². The Bertz CT molecular complexity index is 977. The monoisotopic (exact) mass is 469 g/mol. The van der Waals surface area contributed by atoms with E-state index in [1.54, 1.807) is 33.5 Å². The van der Waals surface area contributed by atoms with Crippen molar-refractivity contribution in [3.63, 3.8) is 0 Å². The topological polar surface area (TPSA) is 107 Å². The number of ether oxygens (including phenoxy) is 3. The van der Waals surface area contributed by atoms with Crippen LogP contribution in [0.25, 0.3) is 0 Å². The van der Waals surface area contributed by atoms with Gasteiger partial charge in [0.25, 0.3) is 5.69 Å². The van der Waals surface area contributed by atoms with Crippen molar-refractivity contribution in [2.24, 2.45) is 5.92 Å². The summed E-state index contributed by atoms with van der Waals surface area (Å²) in [6.07, 6.45) is 3.15. The number of methoxy groups -OCH3 is 3. The van der Waals surface area contributed by atoms with Crippen LogP contribution in [0.15, 0.2) is 36.4 Å². The third-order valence-corrected chi connectivity index (χ3v) is 6.23. The first-order chi connectivity index (χ1) is 16.3. The number of benzene rings is 2. The molecule has 2 aromatic rings. The molecule has 0 aliphatic carbocycles. The highest BCUT2D eigenvalue weighted by Crippen LogP contribution is 2.45. The van der Waals surface area contributed by atoms with Gasteiger partial charge < -0.3 is 19.5 Å². The quantitative estimate of drug-likeness (QED) is 0.235. The number of nitriles is 1. The Morgan fingerprint density at radius 3 is 2.24 bits per heavy atom. The van der Waals surface area contributed by atoms with Gasteiger partial charge in [-0.05, 0) is 68.0 Å². The fourth-order valence-corrected chi connectivity index (χ4v) is 4.21. The minimum Gasteiger partial charge on any atom is -0.493 e. The lowest BCUT2D eigenvalue weighted by molar-refractivity contribution is -0.384. The van der Waals surface area contributed by atoms with Crippen LogP contribution >= 0.6 is 0 Å². The fraction of sp³-hybridized carbons (Fsp3) is 0.500. The molecule has 0 radical (unpaired) electrons. The Balaban J connectivity index is 1.98. The molecule has 0 aliphatic rings. The number of nitrogens with zero attached hydrogens (tertiary/aromatic N) is 2. The van der Waals surface area contributed by atoms with E-state index in [0.29, 0.717) is 23.7 Å². The molecule has 184 valence electrons. The van der Waals surface area contributed by atoms with Gasteiger partial charge in [-0.1, -0.05) is 26.0 Å². The molecule has 0 bridgehead atoms. The zero-order valence-electron chi connectivity index (χ0n) is 20.7. The molecule has 0 saturated heterocycles. The van der Waals surface area contributed by atoms with Gasteiger partial charge in [0.05, 0.1) is 37.7 Å². The second kappa shape index (κ2) is 12.8. The van der Waals surface area contributed by atoms with E-state index in [-0.39, 0.29) is 16.5 Å². The first kappa shape index (κ1) is 26.9. The van der Waals surface area contributed by atoms with Gasteiger partial charge in [0.1, 0.15) is 0 Å². The van der Waals surface area contributed by atoms with Crippen molar-refractivity contribution in [2.75, 3.05) is 34.4 Å². The molecule has 34 heavy (non-hydrogen) atoms. The fourth-order valence-electron chi connectivity index (χ4n) is 4.21. The number of rotatable bonds is 14. The van der Waals surface area contributed by atoms with Crippen LogP contribution < -0.4 is 19.5 Å². The number of aryl methyl sites for hydroxylation is 1. The molecule has 0 amide bonds. The third kappa shape index (κ3) is 6.39. The maximum absolute atomic E-state index is 10.9. The van der Waals surface area contributed by atoms with Gasteiger partial charge in [0, 0.05) is 12.1 Å². The third-order valence-electron chi connectivity index (χ3n) is 6.23. The van der Waals surface area contributed by atoms with E-state index >= 15 is 0 Å². The highest BCUT2D eigenvalue weighted by atomic mass is 16.6. The number of hydrogen-bond acceptors (Lipinski definition) is 7. The smallest absolute Gasteiger partial charge is 0.269 e. The second-order valence-corrected chi connectivity index (χ2v) is 8.54.